The van der Waals surface area contributed by atoms with Crippen LogP contribution in [0.25, 0.3) is 0 Å². The maximum Gasteiger partial charge on any atom is 0.220 e. The van der Waals surface area contributed by atoms with Crippen LogP contribution in [-0.4, -0.2) is 24.6 Å². The minimum atomic E-state index is -0.748. The largest absolute Gasteiger partial charge is 0.491 e. The molecule has 1 aromatic carbocycles. The van der Waals surface area contributed by atoms with Crippen molar-refractivity contribution >= 4 is 18.3 Å². The van der Waals surface area contributed by atoms with Gasteiger partial charge in [0.15, 0.2) is 11.6 Å². The van der Waals surface area contributed by atoms with Crippen LogP contribution in [0.2, 0.25) is 0 Å². The standard InChI is InChI=1S/C17H26F2N2O2.ClH/c1-12(2)10-17(3,11-20)21-16(22)5-4-8-23-15-7-6-13(18)9-14(15)19;/h6-7,9,12H,4-5,8,10-11,20H2,1-3H3,(H,21,22);1H. The molecule has 0 radical (unpaired) electrons. The summed E-state index contributed by atoms with van der Waals surface area (Å²) in [6.07, 6.45) is 1.49. The van der Waals surface area contributed by atoms with Gasteiger partial charge in [-0.2, -0.15) is 0 Å². The zero-order chi connectivity index (χ0) is 17.5. The third-order valence-electron chi connectivity index (χ3n) is 3.45. The molecule has 1 rings (SSSR count). The van der Waals surface area contributed by atoms with Gasteiger partial charge in [0.2, 0.25) is 5.91 Å². The molecule has 1 amide bonds. The molecule has 3 N–H and O–H groups in total. The van der Waals surface area contributed by atoms with Gasteiger partial charge >= 0.3 is 0 Å². The number of benzene rings is 1. The molecule has 0 bridgehead atoms. The zero-order valence-electron chi connectivity index (χ0n) is 14.4. The van der Waals surface area contributed by atoms with Crippen LogP contribution < -0.4 is 15.8 Å². The Morgan fingerprint density at radius 2 is 2.04 bits per heavy atom. The molecule has 138 valence electrons. The van der Waals surface area contributed by atoms with Crippen molar-refractivity contribution in [3.63, 3.8) is 0 Å². The number of nitrogens with one attached hydrogen (secondary N) is 1. The summed E-state index contributed by atoms with van der Waals surface area (Å²) in [5.41, 5.74) is 5.33. The molecular weight excluding hydrogens is 338 g/mol. The number of nitrogens with two attached hydrogens (primary N) is 1. The van der Waals surface area contributed by atoms with Crippen LogP contribution in [0.1, 0.15) is 40.0 Å². The lowest BCUT2D eigenvalue weighted by molar-refractivity contribution is -0.123. The van der Waals surface area contributed by atoms with Crippen LogP contribution in [0, 0.1) is 17.6 Å². The first kappa shape index (κ1) is 22.6. The third kappa shape index (κ3) is 7.93. The van der Waals surface area contributed by atoms with Crippen LogP contribution in [0.3, 0.4) is 0 Å². The van der Waals surface area contributed by atoms with E-state index in [1.54, 1.807) is 0 Å². The summed E-state index contributed by atoms with van der Waals surface area (Å²) >= 11 is 0. The second-order valence-electron chi connectivity index (χ2n) is 6.44. The Kier molecular flexibility index (Phi) is 9.85. The van der Waals surface area contributed by atoms with Crippen molar-refractivity contribution in [1.29, 1.82) is 0 Å². The highest BCUT2D eigenvalue weighted by molar-refractivity contribution is 5.85. The van der Waals surface area contributed by atoms with Crippen molar-refractivity contribution < 1.29 is 18.3 Å². The van der Waals surface area contributed by atoms with E-state index >= 15 is 0 Å². The summed E-state index contributed by atoms with van der Waals surface area (Å²) in [6, 6.07) is 3.13. The highest BCUT2D eigenvalue weighted by Crippen LogP contribution is 2.18. The van der Waals surface area contributed by atoms with Crippen molar-refractivity contribution in [2.24, 2.45) is 11.7 Å². The molecule has 0 aliphatic rings. The number of halogens is 3. The van der Waals surface area contributed by atoms with Crippen molar-refractivity contribution in [2.45, 2.75) is 45.6 Å². The quantitative estimate of drug-likeness (QED) is 0.660. The molecule has 0 fully saturated rings. The summed E-state index contributed by atoms with van der Waals surface area (Å²) < 4.78 is 31.3. The molecule has 1 unspecified atom stereocenters. The molecule has 0 aliphatic heterocycles. The van der Waals surface area contributed by atoms with Gasteiger partial charge in [0.25, 0.3) is 0 Å². The Bertz CT molecular complexity index is 529. The maximum absolute atomic E-state index is 13.4. The van der Waals surface area contributed by atoms with Gasteiger partial charge in [-0.3, -0.25) is 4.79 Å². The average molecular weight is 365 g/mol. The van der Waals surface area contributed by atoms with Gasteiger partial charge in [-0.15, -0.1) is 12.4 Å². The second-order valence-corrected chi connectivity index (χ2v) is 6.44. The summed E-state index contributed by atoms with van der Waals surface area (Å²) in [7, 11) is 0. The van der Waals surface area contributed by atoms with Crippen molar-refractivity contribution in [3.8, 4) is 5.75 Å². The number of rotatable bonds is 9. The van der Waals surface area contributed by atoms with Crippen molar-refractivity contribution in [1.82, 2.24) is 5.32 Å². The molecule has 0 spiro atoms. The van der Waals surface area contributed by atoms with Gasteiger partial charge in [0.05, 0.1) is 6.61 Å². The van der Waals surface area contributed by atoms with Gasteiger partial charge in [-0.05, 0) is 37.8 Å². The molecule has 7 heteroatoms. The first-order valence-corrected chi connectivity index (χ1v) is 7.84. The predicted octanol–water partition coefficient (Wildman–Crippen LogP) is 3.43. The number of hydrogen-bond donors (Lipinski definition) is 2. The summed E-state index contributed by atoms with van der Waals surface area (Å²) in [6.45, 7) is 6.62. The van der Waals surface area contributed by atoms with E-state index in [2.05, 4.69) is 19.2 Å². The van der Waals surface area contributed by atoms with Crippen molar-refractivity contribution in [2.75, 3.05) is 13.2 Å². The van der Waals surface area contributed by atoms with Crippen LogP contribution in [0.4, 0.5) is 8.78 Å². The number of hydrogen-bond acceptors (Lipinski definition) is 3. The van der Waals surface area contributed by atoms with E-state index in [0.29, 0.717) is 18.9 Å². The smallest absolute Gasteiger partial charge is 0.220 e. The molecule has 0 heterocycles. The number of ether oxygens (including phenoxy) is 1. The van der Waals surface area contributed by atoms with Gasteiger partial charge in [0.1, 0.15) is 5.82 Å². The van der Waals surface area contributed by atoms with Gasteiger partial charge in [0, 0.05) is 24.6 Å². The lowest BCUT2D eigenvalue weighted by atomic mass is 9.90. The van der Waals surface area contributed by atoms with Crippen molar-refractivity contribution in [3.05, 3.63) is 29.8 Å². The van der Waals surface area contributed by atoms with E-state index in [0.717, 1.165) is 18.6 Å². The molecule has 0 saturated heterocycles. The van der Waals surface area contributed by atoms with E-state index in [1.165, 1.54) is 6.07 Å². The highest BCUT2D eigenvalue weighted by Gasteiger charge is 2.25. The maximum atomic E-state index is 13.4. The van der Waals surface area contributed by atoms with Crippen LogP contribution in [-0.2, 0) is 4.79 Å². The van der Waals surface area contributed by atoms with E-state index < -0.39 is 17.2 Å². The monoisotopic (exact) mass is 364 g/mol. The molecular formula is C17H27ClF2N2O2. The molecule has 1 aromatic rings. The zero-order valence-corrected chi connectivity index (χ0v) is 15.2. The predicted molar refractivity (Wildman–Crippen MR) is 93.4 cm³/mol. The van der Waals surface area contributed by atoms with E-state index in [-0.39, 0.29) is 37.1 Å². The van der Waals surface area contributed by atoms with Crippen LogP contribution >= 0.6 is 12.4 Å². The van der Waals surface area contributed by atoms with E-state index in [9.17, 15) is 13.6 Å². The number of carbonyl (C=O) groups is 1. The normalized spacial score (nSPS) is 13.1. The number of carbonyl (C=O) groups excluding carboxylic acids is 1. The Hall–Kier alpha value is -1.40. The first-order valence-electron chi connectivity index (χ1n) is 7.84. The molecule has 4 nitrogen and oxygen atoms in total. The fourth-order valence-electron chi connectivity index (χ4n) is 2.49. The Labute approximate surface area is 148 Å². The van der Waals surface area contributed by atoms with E-state index in [1.807, 2.05) is 6.92 Å². The SMILES string of the molecule is CC(C)CC(C)(CN)NC(=O)CCCOc1ccc(F)cc1F.Cl. The highest BCUT2D eigenvalue weighted by atomic mass is 35.5. The van der Waals surface area contributed by atoms with Gasteiger partial charge in [-0.1, -0.05) is 13.8 Å². The molecule has 0 aromatic heterocycles. The Morgan fingerprint density at radius 1 is 1.38 bits per heavy atom. The van der Waals surface area contributed by atoms with E-state index in [4.69, 9.17) is 10.5 Å². The number of amides is 1. The van der Waals surface area contributed by atoms with Gasteiger partial charge < -0.3 is 15.8 Å². The summed E-state index contributed by atoms with van der Waals surface area (Å²) in [5.74, 6) is -1.10. The fraction of sp³-hybridized carbons (Fsp3) is 0.588. The topological polar surface area (TPSA) is 64.3 Å². The first-order chi connectivity index (χ1) is 10.8. The molecule has 24 heavy (non-hydrogen) atoms. The summed E-state index contributed by atoms with van der Waals surface area (Å²) in [4.78, 5) is 12.0. The lowest BCUT2D eigenvalue weighted by Gasteiger charge is -2.31. The van der Waals surface area contributed by atoms with Crippen LogP contribution in [0.15, 0.2) is 18.2 Å². The Morgan fingerprint density at radius 3 is 2.58 bits per heavy atom. The fourth-order valence-corrected chi connectivity index (χ4v) is 2.49. The second kappa shape index (κ2) is 10.5. The average Bonchev–Trinajstić information content (AvgIpc) is 2.44. The Balaban J connectivity index is 0.00000529. The minimum absolute atomic E-state index is 0. The third-order valence-corrected chi connectivity index (χ3v) is 3.45. The molecule has 0 aliphatic carbocycles. The van der Waals surface area contributed by atoms with Gasteiger partial charge in [-0.25, -0.2) is 8.78 Å². The van der Waals surface area contributed by atoms with Crippen LogP contribution in [0.5, 0.6) is 5.75 Å². The summed E-state index contributed by atoms with van der Waals surface area (Å²) in [5, 5.41) is 2.95. The molecule has 0 saturated carbocycles. The molecule has 1 atom stereocenters. The lowest BCUT2D eigenvalue weighted by Crippen LogP contribution is -2.52. The minimum Gasteiger partial charge on any atom is -0.491 e.